The molecule has 178 valence electrons. The van der Waals surface area contributed by atoms with E-state index in [2.05, 4.69) is 15.3 Å². The summed E-state index contributed by atoms with van der Waals surface area (Å²) in [4.78, 5) is 21.5. The number of hydrogen-bond donors (Lipinski definition) is 2. The van der Waals surface area contributed by atoms with Gasteiger partial charge >= 0.3 is 6.18 Å². The first-order valence-corrected chi connectivity index (χ1v) is 11.4. The molecule has 2 aromatic heterocycles. The number of amides is 1. The van der Waals surface area contributed by atoms with Crippen LogP contribution in [0, 0.1) is 0 Å². The summed E-state index contributed by atoms with van der Waals surface area (Å²) < 4.78 is 39.1. The minimum absolute atomic E-state index is 0.304. The number of rotatable bonds is 6. The summed E-state index contributed by atoms with van der Waals surface area (Å²) in [5.74, 6) is -0.356. The van der Waals surface area contributed by atoms with Crippen LogP contribution in [0.1, 0.15) is 52.9 Å². The van der Waals surface area contributed by atoms with Crippen molar-refractivity contribution in [2.24, 2.45) is 0 Å². The van der Waals surface area contributed by atoms with Crippen LogP contribution in [0.3, 0.4) is 0 Å². The average molecular weight is 470 g/mol. The van der Waals surface area contributed by atoms with E-state index in [1.165, 1.54) is 18.3 Å². The van der Waals surface area contributed by atoms with Crippen molar-refractivity contribution in [3.63, 3.8) is 0 Å². The molecule has 3 aromatic rings. The number of carbonyl (C=O) groups excluding carboxylic acids is 1. The van der Waals surface area contributed by atoms with Gasteiger partial charge in [-0.05, 0) is 61.1 Å². The van der Waals surface area contributed by atoms with Crippen LogP contribution in [0.5, 0.6) is 0 Å². The molecule has 1 saturated carbocycles. The Morgan fingerprint density at radius 1 is 1.06 bits per heavy atom. The number of hydrogen-bond acceptors (Lipinski definition) is 4. The van der Waals surface area contributed by atoms with E-state index in [9.17, 15) is 23.1 Å². The fraction of sp³-hybridized carbons (Fsp3) is 0.346. The summed E-state index contributed by atoms with van der Waals surface area (Å²) >= 11 is 0. The lowest BCUT2D eigenvalue weighted by Gasteiger charge is -2.28. The van der Waals surface area contributed by atoms with Crippen molar-refractivity contribution >= 4 is 5.91 Å². The number of pyridine rings is 2. The first kappa shape index (κ1) is 23.9. The number of aliphatic hydroxyl groups excluding tert-OH is 1. The Hall–Kier alpha value is -3.26. The average Bonchev–Trinajstić information content (AvgIpc) is 2.84. The Balaban J connectivity index is 1.62. The van der Waals surface area contributed by atoms with E-state index >= 15 is 0 Å². The van der Waals surface area contributed by atoms with Crippen LogP contribution in [0.25, 0.3) is 11.1 Å². The Morgan fingerprint density at radius 2 is 1.82 bits per heavy atom. The minimum atomic E-state index is -4.43. The molecule has 1 aliphatic rings. The minimum Gasteiger partial charge on any atom is -0.391 e. The maximum Gasteiger partial charge on any atom is 0.416 e. The molecule has 0 radical (unpaired) electrons. The summed E-state index contributed by atoms with van der Waals surface area (Å²) in [7, 11) is 0. The molecule has 2 heterocycles. The Kier molecular flexibility index (Phi) is 7.26. The monoisotopic (exact) mass is 469 g/mol. The van der Waals surface area contributed by atoms with Gasteiger partial charge in [-0.25, -0.2) is 0 Å². The van der Waals surface area contributed by atoms with Gasteiger partial charge in [0.2, 0.25) is 0 Å². The summed E-state index contributed by atoms with van der Waals surface area (Å²) in [6.45, 7) is 0. The number of benzene rings is 1. The van der Waals surface area contributed by atoms with Gasteiger partial charge in [-0.2, -0.15) is 13.2 Å². The highest BCUT2D eigenvalue weighted by molar-refractivity contribution is 5.95. The van der Waals surface area contributed by atoms with Crippen LogP contribution in [0.4, 0.5) is 13.2 Å². The van der Waals surface area contributed by atoms with Gasteiger partial charge in [0.05, 0.1) is 23.3 Å². The normalized spacial score (nSPS) is 18.5. The SMILES string of the molecule is O=C(N[C@@H]1CCCC[C@H]1O)c1cnc(CCc2cccnc2)c(-c2ccc(C(F)(F)F)cc2)c1. The summed E-state index contributed by atoms with van der Waals surface area (Å²) in [6.07, 6.45) is 4.31. The topological polar surface area (TPSA) is 75.1 Å². The molecule has 1 amide bonds. The number of aryl methyl sites for hydroxylation is 2. The largest absolute Gasteiger partial charge is 0.416 e. The van der Waals surface area contributed by atoms with Crippen LogP contribution >= 0.6 is 0 Å². The third kappa shape index (κ3) is 5.80. The zero-order chi connectivity index (χ0) is 24.1. The molecule has 0 spiro atoms. The molecule has 8 heteroatoms. The van der Waals surface area contributed by atoms with E-state index in [0.717, 1.165) is 30.5 Å². The molecule has 4 rings (SSSR count). The number of carbonyl (C=O) groups is 1. The number of alkyl halides is 3. The van der Waals surface area contributed by atoms with Crippen LogP contribution in [0.2, 0.25) is 0 Å². The second-order valence-corrected chi connectivity index (χ2v) is 8.59. The first-order valence-electron chi connectivity index (χ1n) is 11.4. The molecule has 0 bridgehead atoms. The maximum atomic E-state index is 13.0. The second kappa shape index (κ2) is 10.3. The molecule has 1 aromatic carbocycles. The molecule has 0 unspecified atom stereocenters. The van der Waals surface area contributed by atoms with Crippen molar-refractivity contribution in [3.8, 4) is 11.1 Å². The predicted molar refractivity (Wildman–Crippen MR) is 122 cm³/mol. The predicted octanol–water partition coefficient (Wildman–Crippen LogP) is 4.98. The van der Waals surface area contributed by atoms with Crippen molar-refractivity contribution < 1.29 is 23.1 Å². The molecule has 0 saturated heterocycles. The van der Waals surface area contributed by atoms with Gasteiger partial charge in [-0.15, -0.1) is 0 Å². The molecule has 0 aliphatic heterocycles. The second-order valence-electron chi connectivity index (χ2n) is 8.59. The van der Waals surface area contributed by atoms with Crippen molar-refractivity contribution in [1.82, 2.24) is 15.3 Å². The molecule has 1 fully saturated rings. The standard InChI is InChI=1S/C26H26F3N3O2/c27-26(28,29)20-10-8-18(9-11-20)21-14-19(25(34)32-23-5-1-2-6-24(23)33)16-31-22(21)12-7-17-4-3-13-30-15-17/h3-4,8-11,13-16,23-24,33H,1-2,5-7,12H2,(H,32,34)/t23-,24-/m1/s1. The number of aliphatic hydroxyl groups is 1. The lowest BCUT2D eigenvalue weighted by Crippen LogP contribution is -2.45. The van der Waals surface area contributed by atoms with Gasteiger partial charge in [0.15, 0.2) is 0 Å². The fourth-order valence-corrected chi connectivity index (χ4v) is 4.25. The van der Waals surface area contributed by atoms with Crippen LogP contribution < -0.4 is 5.32 Å². The molecule has 2 atom stereocenters. The third-order valence-corrected chi connectivity index (χ3v) is 6.17. The number of nitrogens with zero attached hydrogens (tertiary/aromatic N) is 2. The quantitative estimate of drug-likeness (QED) is 0.534. The molecule has 34 heavy (non-hydrogen) atoms. The van der Waals surface area contributed by atoms with Crippen molar-refractivity contribution in [3.05, 3.63) is 83.4 Å². The zero-order valence-electron chi connectivity index (χ0n) is 18.6. The zero-order valence-corrected chi connectivity index (χ0v) is 18.6. The summed E-state index contributed by atoms with van der Waals surface area (Å²) in [5, 5.41) is 13.1. The Morgan fingerprint density at radius 3 is 2.50 bits per heavy atom. The first-order chi connectivity index (χ1) is 16.3. The van der Waals surface area contributed by atoms with Gasteiger partial charge in [-0.3, -0.25) is 14.8 Å². The maximum absolute atomic E-state index is 13.0. The van der Waals surface area contributed by atoms with Crippen LogP contribution in [-0.4, -0.2) is 33.1 Å². The summed E-state index contributed by atoms with van der Waals surface area (Å²) in [6, 6.07) is 10.0. The summed E-state index contributed by atoms with van der Waals surface area (Å²) in [5.41, 5.74) is 2.41. The van der Waals surface area contributed by atoms with E-state index in [4.69, 9.17) is 0 Å². The van der Waals surface area contributed by atoms with Gasteiger partial charge in [0.25, 0.3) is 5.91 Å². The molecule has 1 aliphatic carbocycles. The Labute approximate surface area is 196 Å². The molecule has 2 N–H and O–H groups in total. The van der Waals surface area contributed by atoms with E-state index in [1.807, 2.05) is 12.1 Å². The van der Waals surface area contributed by atoms with Gasteiger partial charge in [-0.1, -0.05) is 31.0 Å². The highest BCUT2D eigenvalue weighted by Gasteiger charge is 2.30. The van der Waals surface area contributed by atoms with Gasteiger partial charge in [0, 0.05) is 29.8 Å². The lowest BCUT2D eigenvalue weighted by molar-refractivity contribution is -0.137. The highest BCUT2D eigenvalue weighted by atomic mass is 19.4. The molecular weight excluding hydrogens is 443 g/mol. The number of halogens is 3. The van der Waals surface area contributed by atoms with E-state index in [1.54, 1.807) is 18.5 Å². The molecular formula is C26H26F3N3O2. The van der Waals surface area contributed by atoms with Crippen molar-refractivity contribution in [2.75, 3.05) is 0 Å². The third-order valence-electron chi connectivity index (χ3n) is 6.17. The fourth-order valence-electron chi connectivity index (χ4n) is 4.25. The van der Waals surface area contributed by atoms with Crippen LogP contribution in [-0.2, 0) is 19.0 Å². The van der Waals surface area contributed by atoms with Crippen molar-refractivity contribution in [2.45, 2.75) is 56.8 Å². The van der Waals surface area contributed by atoms with Crippen LogP contribution in [0.15, 0.2) is 61.1 Å². The van der Waals surface area contributed by atoms with E-state index in [-0.39, 0.29) is 11.9 Å². The Bertz CT molecular complexity index is 1120. The van der Waals surface area contributed by atoms with Gasteiger partial charge in [0.1, 0.15) is 0 Å². The lowest BCUT2D eigenvalue weighted by atomic mass is 9.92. The van der Waals surface area contributed by atoms with E-state index < -0.39 is 17.8 Å². The van der Waals surface area contributed by atoms with E-state index in [0.29, 0.717) is 48.1 Å². The number of aromatic nitrogens is 2. The smallest absolute Gasteiger partial charge is 0.391 e. The molecule has 5 nitrogen and oxygen atoms in total. The number of nitrogens with one attached hydrogen (secondary N) is 1. The van der Waals surface area contributed by atoms with Gasteiger partial charge < -0.3 is 10.4 Å². The van der Waals surface area contributed by atoms with Crippen molar-refractivity contribution in [1.29, 1.82) is 0 Å². The highest BCUT2D eigenvalue weighted by Crippen LogP contribution is 2.32.